The summed E-state index contributed by atoms with van der Waals surface area (Å²) in [7, 11) is 1.92. The van der Waals surface area contributed by atoms with Crippen LogP contribution in [0.5, 0.6) is 0 Å². The number of amides is 1. The zero-order valence-electron chi connectivity index (χ0n) is 7.08. The predicted octanol–water partition coefficient (Wildman–Crippen LogP) is -0.955. The third kappa shape index (κ3) is 5.82. The van der Waals surface area contributed by atoms with Crippen molar-refractivity contribution in [2.24, 2.45) is 0 Å². The summed E-state index contributed by atoms with van der Waals surface area (Å²) in [4.78, 5) is 11.8. The van der Waals surface area contributed by atoms with Crippen LogP contribution in [-0.4, -0.2) is 49.2 Å². The fourth-order valence-electron chi connectivity index (χ4n) is 0.738. The maximum atomic E-state index is 9.83. The summed E-state index contributed by atoms with van der Waals surface area (Å²) in [6, 6.07) is 0. The number of aliphatic hydroxyl groups excluding tert-OH is 1. The van der Waals surface area contributed by atoms with E-state index in [4.69, 9.17) is 0 Å². The lowest BCUT2D eigenvalue weighted by atomic mass is 10.3. The van der Waals surface area contributed by atoms with Crippen LogP contribution in [0, 0.1) is 0 Å². The molecule has 4 heteroatoms. The van der Waals surface area contributed by atoms with Crippen molar-refractivity contribution in [2.45, 2.75) is 13.0 Å². The van der Waals surface area contributed by atoms with Gasteiger partial charge in [0.05, 0.1) is 6.10 Å². The van der Waals surface area contributed by atoms with Crippen molar-refractivity contribution >= 4 is 6.41 Å². The van der Waals surface area contributed by atoms with Crippen LogP contribution in [0.25, 0.3) is 0 Å². The summed E-state index contributed by atoms with van der Waals surface area (Å²) < 4.78 is 0. The number of rotatable bonds is 6. The molecular weight excluding hydrogens is 144 g/mol. The number of hydrogen-bond acceptors (Lipinski definition) is 3. The highest BCUT2D eigenvalue weighted by Gasteiger charge is 2.04. The Morgan fingerprint density at radius 3 is 2.82 bits per heavy atom. The fourth-order valence-corrected chi connectivity index (χ4v) is 0.738. The van der Waals surface area contributed by atoms with Gasteiger partial charge >= 0.3 is 0 Å². The molecule has 1 amide bonds. The molecule has 11 heavy (non-hydrogen) atoms. The number of nitrogens with zero attached hydrogens (tertiary/aromatic N) is 1. The van der Waals surface area contributed by atoms with Gasteiger partial charge in [0.2, 0.25) is 6.41 Å². The van der Waals surface area contributed by atoms with Gasteiger partial charge in [0.25, 0.3) is 0 Å². The average Bonchev–Trinajstić information content (AvgIpc) is 2.00. The van der Waals surface area contributed by atoms with Crippen molar-refractivity contribution in [3.05, 3.63) is 0 Å². The number of hydrogen-bond donors (Lipinski definition) is 2. The third-order valence-corrected chi connectivity index (χ3v) is 1.50. The van der Waals surface area contributed by atoms with Crippen molar-refractivity contribution < 1.29 is 9.90 Å². The largest absolute Gasteiger partial charge is 0.390 e. The lowest BCUT2D eigenvalue weighted by Crippen LogP contribution is -2.35. The van der Waals surface area contributed by atoms with E-state index in [1.54, 1.807) is 0 Å². The molecule has 0 bridgehead atoms. The standard InChI is InChI=1S/C7H16N2O2/c1-3-9(2)5-7(11)4-8-6-10/h6-7,11H,3-5H2,1-2H3,(H,8,10). The summed E-state index contributed by atoms with van der Waals surface area (Å²) in [5, 5.41) is 11.6. The second-order valence-corrected chi connectivity index (χ2v) is 2.53. The first-order valence-electron chi connectivity index (χ1n) is 3.74. The molecule has 0 aliphatic heterocycles. The summed E-state index contributed by atoms with van der Waals surface area (Å²) in [5.74, 6) is 0. The van der Waals surface area contributed by atoms with E-state index in [1.165, 1.54) is 0 Å². The third-order valence-electron chi connectivity index (χ3n) is 1.50. The minimum absolute atomic E-state index is 0.327. The number of nitrogens with one attached hydrogen (secondary N) is 1. The highest BCUT2D eigenvalue weighted by molar-refractivity contribution is 5.45. The molecule has 0 saturated carbocycles. The van der Waals surface area contributed by atoms with E-state index in [1.807, 2.05) is 18.9 Å². The van der Waals surface area contributed by atoms with Gasteiger partial charge < -0.3 is 15.3 Å². The van der Waals surface area contributed by atoms with Crippen LogP contribution in [0.4, 0.5) is 0 Å². The highest BCUT2D eigenvalue weighted by Crippen LogP contribution is 1.86. The Morgan fingerprint density at radius 1 is 1.73 bits per heavy atom. The molecule has 4 nitrogen and oxygen atoms in total. The molecule has 0 rings (SSSR count). The summed E-state index contributed by atoms with van der Waals surface area (Å²) in [6.45, 7) is 3.84. The number of likely N-dealkylation sites (N-methyl/N-ethyl adjacent to an activating group) is 1. The molecule has 66 valence electrons. The summed E-state index contributed by atoms with van der Waals surface area (Å²) in [6.07, 6.45) is 0.125. The van der Waals surface area contributed by atoms with Gasteiger partial charge in [-0.1, -0.05) is 6.92 Å². The first-order chi connectivity index (χ1) is 5.20. The van der Waals surface area contributed by atoms with Gasteiger partial charge in [-0.25, -0.2) is 0 Å². The van der Waals surface area contributed by atoms with Crippen LogP contribution in [0.15, 0.2) is 0 Å². The number of aliphatic hydroxyl groups is 1. The Bertz CT molecular complexity index is 109. The Kier molecular flexibility index (Phi) is 5.78. The van der Waals surface area contributed by atoms with Crippen molar-refractivity contribution in [1.29, 1.82) is 0 Å². The smallest absolute Gasteiger partial charge is 0.207 e. The first-order valence-corrected chi connectivity index (χ1v) is 3.74. The van der Waals surface area contributed by atoms with Gasteiger partial charge in [0, 0.05) is 13.1 Å². The second kappa shape index (κ2) is 6.12. The molecule has 0 spiro atoms. The monoisotopic (exact) mass is 160 g/mol. The van der Waals surface area contributed by atoms with Crippen LogP contribution < -0.4 is 5.32 Å². The van der Waals surface area contributed by atoms with Gasteiger partial charge in [-0.2, -0.15) is 0 Å². The number of carbonyl (C=O) groups is 1. The Hall–Kier alpha value is -0.610. The van der Waals surface area contributed by atoms with Crippen LogP contribution >= 0.6 is 0 Å². The lowest BCUT2D eigenvalue weighted by Gasteiger charge is -2.17. The predicted molar refractivity (Wildman–Crippen MR) is 43.2 cm³/mol. The van der Waals surface area contributed by atoms with E-state index in [0.717, 1.165) is 6.54 Å². The maximum Gasteiger partial charge on any atom is 0.207 e. The Balaban J connectivity index is 3.34. The van der Waals surface area contributed by atoms with Crippen LogP contribution in [0.1, 0.15) is 6.92 Å². The minimum Gasteiger partial charge on any atom is -0.390 e. The summed E-state index contributed by atoms with van der Waals surface area (Å²) >= 11 is 0. The van der Waals surface area contributed by atoms with Crippen LogP contribution in [0.2, 0.25) is 0 Å². The molecule has 0 radical (unpaired) electrons. The van der Waals surface area contributed by atoms with Gasteiger partial charge in [-0.3, -0.25) is 4.79 Å². The molecule has 0 aliphatic rings. The number of carbonyl (C=O) groups excluding carboxylic acids is 1. The topological polar surface area (TPSA) is 52.6 Å². The Labute approximate surface area is 67.2 Å². The van der Waals surface area contributed by atoms with E-state index >= 15 is 0 Å². The van der Waals surface area contributed by atoms with Crippen molar-refractivity contribution in [3.63, 3.8) is 0 Å². The van der Waals surface area contributed by atoms with Gasteiger partial charge in [-0.05, 0) is 13.6 Å². The van der Waals surface area contributed by atoms with Crippen molar-refractivity contribution in [2.75, 3.05) is 26.7 Å². The average molecular weight is 160 g/mol. The molecule has 0 fully saturated rings. The van der Waals surface area contributed by atoms with E-state index in [0.29, 0.717) is 19.5 Å². The van der Waals surface area contributed by atoms with Gasteiger partial charge in [0.1, 0.15) is 0 Å². The highest BCUT2D eigenvalue weighted by atomic mass is 16.3. The molecule has 0 aliphatic carbocycles. The SMILES string of the molecule is CCN(C)CC(O)CNC=O. The second-order valence-electron chi connectivity index (χ2n) is 2.53. The normalized spacial score (nSPS) is 13.1. The molecule has 0 saturated heterocycles. The van der Waals surface area contributed by atoms with E-state index < -0.39 is 6.10 Å². The maximum absolute atomic E-state index is 9.83. The van der Waals surface area contributed by atoms with Gasteiger partial charge in [0.15, 0.2) is 0 Å². The van der Waals surface area contributed by atoms with Crippen LogP contribution in [-0.2, 0) is 4.79 Å². The van der Waals surface area contributed by atoms with Crippen LogP contribution in [0.3, 0.4) is 0 Å². The molecule has 0 aromatic rings. The summed E-state index contributed by atoms with van der Waals surface area (Å²) in [5.41, 5.74) is 0. The van der Waals surface area contributed by atoms with E-state index in [-0.39, 0.29) is 0 Å². The first kappa shape index (κ1) is 10.4. The van der Waals surface area contributed by atoms with E-state index in [9.17, 15) is 9.90 Å². The molecule has 0 heterocycles. The van der Waals surface area contributed by atoms with Crippen molar-refractivity contribution in [3.8, 4) is 0 Å². The molecule has 1 atom stereocenters. The molecule has 2 N–H and O–H groups in total. The molecule has 1 unspecified atom stereocenters. The minimum atomic E-state index is -0.467. The zero-order chi connectivity index (χ0) is 8.69. The molecule has 0 aromatic heterocycles. The fraction of sp³-hybridized carbons (Fsp3) is 0.857. The quantitative estimate of drug-likeness (QED) is 0.492. The zero-order valence-corrected chi connectivity index (χ0v) is 7.08. The van der Waals surface area contributed by atoms with Gasteiger partial charge in [-0.15, -0.1) is 0 Å². The molecular formula is C7H16N2O2. The lowest BCUT2D eigenvalue weighted by molar-refractivity contribution is -0.110. The molecule has 0 aromatic carbocycles. The van der Waals surface area contributed by atoms with E-state index in [2.05, 4.69) is 5.32 Å². The Morgan fingerprint density at radius 2 is 2.36 bits per heavy atom. The van der Waals surface area contributed by atoms with Crippen molar-refractivity contribution in [1.82, 2.24) is 10.2 Å².